The molecule has 2 rings (SSSR count). The number of rotatable bonds is 1. The number of halogens is 3. The first kappa shape index (κ1) is 11.4. The summed E-state index contributed by atoms with van der Waals surface area (Å²) in [5.74, 6) is -2.95. The average Bonchev–Trinajstić information content (AvgIpc) is 2.53. The normalized spacial score (nSPS) is 26.3. The summed E-state index contributed by atoms with van der Waals surface area (Å²) in [5, 5.41) is 0. The van der Waals surface area contributed by atoms with Crippen molar-refractivity contribution in [3.63, 3.8) is 0 Å². The van der Waals surface area contributed by atoms with Crippen LogP contribution in [0.5, 0.6) is 0 Å². The van der Waals surface area contributed by atoms with Crippen LogP contribution in [-0.4, -0.2) is 24.5 Å². The highest BCUT2D eigenvalue weighted by Gasteiger charge is 2.32. The van der Waals surface area contributed by atoms with Crippen LogP contribution in [0.1, 0.15) is 18.0 Å². The quantitative estimate of drug-likeness (QED) is 0.745. The monoisotopic (exact) mass is 230 g/mol. The first-order valence-electron chi connectivity index (χ1n) is 5.11. The van der Waals surface area contributed by atoms with Crippen LogP contribution >= 0.6 is 0 Å². The van der Waals surface area contributed by atoms with E-state index in [1.807, 2.05) is 4.90 Å². The van der Waals surface area contributed by atoms with E-state index in [9.17, 15) is 13.2 Å². The first-order chi connectivity index (χ1) is 7.50. The largest absolute Gasteiger partial charge is 0.326 e. The number of likely N-dealkylation sites (tertiary alicyclic amines) is 1. The Hall–Kier alpha value is -1.07. The topological polar surface area (TPSA) is 29.3 Å². The third-order valence-corrected chi connectivity index (χ3v) is 3.05. The Balaban J connectivity index is 2.43. The van der Waals surface area contributed by atoms with Crippen molar-refractivity contribution in [2.24, 2.45) is 5.73 Å². The molecule has 0 saturated carbocycles. The van der Waals surface area contributed by atoms with Crippen LogP contribution in [0.2, 0.25) is 0 Å². The molecule has 1 fully saturated rings. The molecule has 2 nitrogen and oxygen atoms in total. The summed E-state index contributed by atoms with van der Waals surface area (Å²) in [7, 11) is 1.79. The highest BCUT2D eigenvalue weighted by atomic mass is 19.2. The lowest BCUT2D eigenvalue weighted by Gasteiger charge is -2.23. The Kier molecular flexibility index (Phi) is 2.90. The van der Waals surface area contributed by atoms with E-state index in [0.29, 0.717) is 6.07 Å². The molecule has 0 radical (unpaired) electrons. The summed E-state index contributed by atoms with van der Waals surface area (Å²) in [6, 6.07) is 0.847. The highest BCUT2D eigenvalue weighted by Crippen LogP contribution is 2.32. The molecule has 1 saturated heterocycles. The van der Waals surface area contributed by atoms with Crippen molar-refractivity contribution < 1.29 is 13.2 Å². The molecule has 1 aliphatic rings. The maximum atomic E-state index is 13.5. The van der Waals surface area contributed by atoms with Crippen LogP contribution in [0.25, 0.3) is 0 Å². The van der Waals surface area contributed by atoms with Gasteiger partial charge in [-0.2, -0.15) is 0 Å². The van der Waals surface area contributed by atoms with E-state index in [0.717, 1.165) is 19.0 Å². The second-order valence-electron chi connectivity index (χ2n) is 4.17. The lowest BCUT2D eigenvalue weighted by Crippen LogP contribution is -2.30. The van der Waals surface area contributed by atoms with E-state index < -0.39 is 17.5 Å². The second kappa shape index (κ2) is 4.07. The molecule has 0 aliphatic carbocycles. The lowest BCUT2D eigenvalue weighted by atomic mass is 10.00. The zero-order chi connectivity index (χ0) is 11.9. The fourth-order valence-corrected chi connectivity index (χ4v) is 2.21. The fourth-order valence-electron chi connectivity index (χ4n) is 2.21. The average molecular weight is 230 g/mol. The molecular formula is C11H13F3N2. The van der Waals surface area contributed by atoms with Gasteiger partial charge in [0.05, 0.1) is 6.04 Å². The van der Waals surface area contributed by atoms with Gasteiger partial charge in [0.15, 0.2) is 11.6 Å². The molecule has 1 aliphatic heterocycles. The van der Waals surface area contributed by atoms with Crippen molar-refractivity contribution in [3.8, 4) is 0 Å². The molecule has 0 bridgehead atoms. The Labute approximate surface area is 91.8 Å². The maximum Gasteiger partial charge on any atom is 0.161 e. The Morgan fingerprint density at radius 2 is 1.81 bits per heavy atom. The van der Waals surface area contributed by atoms with E-state index in [-0.39, 0.29) is 17.6 Å². The van der Waals surface area contributed by atoms with Gasteiger partial charge in [0.1, 0.15) is 5.82 Å². The van der Waals surface area contributed by atoms with Crippen LogP contribution in [-0.2, 0) is 0 Å². The second-order valence-corrected chi connectivity index (χ2v) is 4.17. The molecule has 0 aromatic heterocycles. The Morgan fingerprint density at radius 1 is 1.19 bits per heavy atom. The standard InChI is InChI=1S/C11H13F3N2/c1-16-3-2-10(15)11(16)6-4-8(13)9(14)5-7(6)12/h4-5,10-11H,2-3,15H2,1H3. The van der Waals surface area contributed by atoms with Crippen molar-refractivity contribution >= 4 is 0 Å². The molecule has 5 heteroatoms. The predicted octanol–water partition coefficient (Wildman–Crippen LogP) is 1.81. The van der Waals surface area contributed by atoms with Gasteiger partial charge in [-0.1, -0.05) is 0 Å². The summed E-state index contributed by atoms with van der Waals surface area (Å²) in [5.41, 5.74) is 5.96. The minimum Gasteiger partial charge on any atom is -0.326 e. The number of benzene rings is 1. The number of nitrogens with zero attached hydrogens (tertiary/aromatic N) is 1. The number of likely N-dealkylation sites (N-methyl/N-ethyl adjacent to an activating group) is 1. The van der Waals surface area contributed by atoms with Crippen molar-refractivity contribution in [2.45, 2.75) is 18.5 Å². The molecule has 2 unspecified atom stereocenters. The SMILES string of the molecule is CN1CCC(N)C1c1cc(F)c(F)cc1F. The minimum absolute atomic E-state index is 0.131. The molecule has 2 N–H and O–H groups in total. The van der Waals surface area contributed by atoms with Crippen molar-refractivity contribution in [1.82, 2.24) is 4.90 Å². The third-order valence-electron chi connectivity index (χ3n) is 3.05. The first-order valence-corrected chi connectivity index (χ1v) is 5.11. The fraction of sp³-hybridized carbons (Fsp3) is 0.455. The van der Waals surface area contributed by atoms with Crippen molar-refractivity contribution in [2.75, 3.05) is 13.6 Å². The lowest BCUT2D eigenvalue weighted by molar-refractivity contribution is 0.294. The van der Waals surface area contributed by atoms with E-state index in [2.05, 4.69) is 0 Å². The van der Waals surface area contributed by atoms with Gasteiger partial charge in [0, 0.05) is 24.2 Å². The molecule has 0 amide bonds. The van der Waals surface area contributed by atoms with Crippen LogP contribution in [0, 0.1) is 17.5 Å². The summed E-state index contributed by atoms with van der Waals surface area (Å²) in [4.78, 5) is 1.85. The predicted molar refractivity (Wildman–Crippen MR) is 54.3 cm³/mol. The van der Waals surface area contributed by atoms with Crippen LogP contribution in [0.4, 0.5) is 13.2 Å². The summed E-state index contributed by atoms with van der Waals surface area (Å²) in [6.45, 7) is 0.726. The van der Waals surface area contributed by atoms with Gasteiger partial charge in [-0.25, -0.2) is 13.2 Å². The van der Waals surface area contributed by atoms with Crippen molar-refractivity contribution in [3.05, 3.63) is 35.1 Å². The van der Waals surface area contributed by atoms with E-state index in [1.54, 1.807) is 7.05 Å². The maximum absolute atomic E-state index is 13.5. The molecule has 1 heterocycles. The smallest absolute Gasteiger partial charge is 0.161 e. The minimum atomic E-state index is -1.17. The molecular weight excluding hydrogens is 217 g/mol. The summed E-state index contributed by atoms with van der Waals surface area (Å²) in [6.07, 6.45) is 0.722. The van der Waals surface area contributed by atoms with Crippen LogP contribution in [0.15, 0.2) is 12.1 Å². The van der Waals surface area contributed by atoms with Gasteiger partial charge >= 0.3 is 0 Å². The van der Waals surface area contributed by atoms with Crippen LogP contribution < -0.4 is 5.73 Å². The highest BCUT2D eigenvalue weighted by molar-refractivity contribution is 5.25. The van der Waals surface area contributed by atoms with E-state index >= 15 is 0 Å². The van der Waals surface area contributed by atoms with Gasteiger partial charge in [0.25, 0.3) is 0 Å². The van der Waals surface area contributed by atoms with Gasteiger partial charge < -0.3 is 5.73 Å². The molecule has 0 spiro atoms. The van der Waals surface area contributed by atoms with Crippen molar-refractivity contribution in [1.29, 1.82) is 0 Å². The van der Waals surface area contributed by atoms with Gasteiger partial charge in [-0.15, -0.1) is 0 Å². The van der Waals surface area contributed by atoms with E-state index in [4.69, 9.17) is 5.73 Å². The molecule has 1 aromatic rings. The summed E-state index contributed by atoms with van der Waals surface area (Å²) < 4.78 is 39.4. The van der Waals surface area contributed by atoms with E-state index in [1.165, 1.54) is 0 Å². The molecule has 16 heavy (non-hydrogen) atoms. The zero-order valence-electron chi connectivity index (χ0n) is 8.88. The molecule has 2 atom stereocenters. The third kappa shape index (κ3) is 1.81. The van der Waals surface area contributed by atoms with Gasteiger partial charge in [-0.05, 0) is 19.5 Å². The Bertz CT molecular complexity index is 398. The van der Waals surface area contributed by atoms with Gasteiger partial charge in [-0.3, -0.25) is 4.90 Å². The number of nitrogens with two attached hydrogens (primary N) is 1. The number of hydrogen-bond donors (Lipinski definition) is 1. The Morgan fingerprint density at radius 3 is 2.38 bits per heavy atom. The zero-order valence-corrected chi connectivity index (χ0v) is 8.88. The number of hydrogen-bond acceptors (Lipinski definition) is 2. The summed E-state index contributed by atoms with van der Waals surface area (Å²) >= 11 is 0. The van der Waals surface area contributed by atoms with Crippen LogP contribution in [0.3, 0.4) is 0 Å². The molecule has 1 aromatic carbocycles. The molecule has 88 valence electrons. The van der Waals surface area contributed by atoms with Gasteiger partial charge in [0.2, 0.25) is 0 Å².